The van der Waals surface area contributed by atoms with Crippen molar-refractivity contribution in [3.05, 3.63) is 0 Å². The number of nitrogens with zero attached hydrogens (tertiary/aromatic N) is 1. The standard InChI is InChI=1S/C8H15NO/c1-9(2)8(10)7-5-3-4-6-7/h7H,3-6H2,1-2H3/i3D2,4D2,5D2,6D2,7D. The molecule has 0 saturated heterocycles. The molecule has 0 aromatic carbocycles. The fourth-order valence-electron chi connectivity index (χ4n) is 0.549. The highest BCUT2D eigenvalue weighted by Gasteiger charge is 2.23. The Morgan fingerprint density at radius 3 is 2.50 bits per heavy atom. The molecular weight excluding hydrogens is 126 g/mol. The van der Waals surface area contributed by atoms with Crippen molar-refractivity contribution >= 4 is 5.91 Å². The molecule has 0 bridgehead atoms. The summed E-state index contributed by atoms with van der Waals surface area (Å²) in [6, 6.07) is 0. The van der Waals surface area contributed by atoms with Crippen LogP contribution in [0, 0.1) is 5.89 Å². The zero-order chi connectivity index (χ0) is 15.7. The molecule has 2 nitrogen and oxygen atoms in total. The summed E-state index contributed by atoms with van der Waals surface area (Å²) >= 11 is 0. The molecule has 0 spiro atoms. The second-order valence-electron chi connectivity index (χ2n) is 2.07. The molecule has 0 N–H and O–H groups in total. The fourth-order valence-corrected chi connectivity index (χ4v) is 0.549. The van der Waals surface area contributed by atoms with Crippen LogP contribution in [-0.4, -0.2) is 24.9 Å². The third-order valence-corrected chi connectivity index (χ3v) is 1.06. The molecule has 0 radical (unpaired) electrons. The topological polar surface area (TPSA) is 20.3 Å². The largest absolute Gasteiger partial charge is 0.349 e. The minimum Gasteiger partial charge on any atom is -0.349 e. The first-order valence-electron chi connectivity index (χ1n) is 7.32. The van der Waals surface area contributed by atoms with Gasteiger partial charge in [0.1, 0.15) is 0 Å². The lowest BCUT2D eigenvalue weighted by molar-refractivity contribution is -0.132. The number of hydrogen-bond acceptors (Lipinski definition) is 1. The smallest absolute Gasteiger partial charge is 0.225 e. The third-order valence-electron chi connectivity index (χ3n) is 1.06. The molecule has 0 atom stereocenters. The Morgan fingerprint density at radius 2 is 2.10 bits per heavy atom. The first-order chi connectivity index (χ1) is 8.10. The van der Waals surface area contributed by atoms with Crippen molar-refractivity contribution in [1.82, 2.24) is 4.90 Å². The minimum absolute atomic E-state index is 0.764. The molecule has 10 heavy (non-hydrogen) atoms. The Morgan fingerprint density at radius 1 is 1.60 bits per heavy atom. The van der Waals surface area contributed by atoms with Gasteiger partial charge in [-0.25, -0.2) is 0 Å². The number of rotatable bonds is 1. The van der Waals surface area contributed by atoms with Crippen LogP contribution in [0.25, 0.3) is 0 Å². The molecular formula is C8H15NO. The van der Waals surface area contributed by atoms with E-state index in [1.165, 1.54) is 14.1 Å². The first-order valence-corrected chi connectivity index (χ1v) is 2.82. The maximum absolute atomic E-state index is 12.0. The van der Waals surface area contributed by atoms with E-state index in [1.807, 2.05) is 0 Å². The van der Waals surface area contributed by atoms with Crippen LogP contribution in [0.2, 0.25) is 0 Å². The molecule has 1 aliphatic rings. The predicted molar refractivity (Wildman–Crippen MR) is 40.7 cm³/mol. The second-order valence-corrected chi connectivity index (χ2v) is 2.07. The Bertz CT molecular complexity index is 390. The SMILES string of the molecule is [2H]C1([2H])C([2H])([2H])C([2H])([2H])C([2H])(C(=O)N(C)C)C1([2H])[2H]. The normalized spacial score (nSPS) is 56.0. The van der Waals surface area contributed by atoms with E-state index < -0.39 is 37.3 Å². The van der Waals surface area contributed by atoms with Crippen LogP contribution in [0.5, 0.6) is 0 Å². The Hall–Kier alpha value is -0.530. The third kappa shape index (κ3) is 1.49. The molecule has 0 aromatic heterocycles. The highest BCUT2D eigenvalue weighted by Crippen LogP contribution is 2.25. The van der Waals surface area contributed by atoms with Crippen molar-refractivity contribution in [3.63, 3.8) is 0 Å². The molecule has 0 aliphatic heterocycles. The van der Waals surface area contributed by atoms with Gasteiger partial charge in [-0.05, 0) is 12.7 Å². The summed E-state index contributed by atoms with van der Waals surface area (Å²) in [5, 5.41) is 0. The quantitative estimate of drug-likeness (QED) is 0.551. The molecule has 2 heteroatoms. The van der Waals surface area contributed by atoms with E-state index in [9.17, 15) is 4.79 Å². The number of carbonyl (C=O) groups excluding carboxylic acids is 1. The molecule has 0 unspecified atom stereocenters. The van der Waals surface area contributed by atoms with E-state index >= 15 is 0 Å². The van der Waals surface area contributed by atoms with E-state index in [2.05, 4.69) is 0 Å². The van der Waals surface area contributed by atoms with Crippen molar-refractivity contribution in [2.45, 2.75) is 25.5 Å². The summed E-state index contributed by atoms with van der Waals surface area (Å²) in [6.07, 6.45) is -13.3. The zero-order valence-electron chi connectivity index (χ0n) is 14.9. The lowest BCUT2D eigenvalue weighted by Gasteiger charge is -2.14. The second kappa shape index (κ2) is 3.04. The van der Waals surface area contributed by atoms with E-state index in [0.29, 0.717) is 0 Å². The van der Waals surface area contributed by atoms with Gasteiger partial charge in [0.25, 0.3) is 0 Å². The van der Waals surface area contributed by atoms with Gasteiger partial charge < -0.3 is 4.90 Å². The summed E-state index contributed by atoms with van der Waals surface area (Å²) in [5.41, 5.74) is 0. The van der Waals surface area contributed by atoms with Gasteiger partial charge in [-0.3, -0.25) is 4.79 Å². The molecule has 0 aromatic rings. The summed E-state index contributed by atoms with van der Waals surface area (Å²) < 4.78 is 68.6. The van der Waals surface area contributed by atoms with Crippen molar-refractivity contribution in [2.75, 3.05) is 14.1 Å². The van der Waals surface area contributed by atoms with E-state index in [0.717, 1.165) is 4.90 Å². The first kappa shape index (κ1) is 1.99. The van der Waals surface area contributed by atoms with Crippen LogP contribution >= 0.6 is 0 Å². The zero-order valence-corrected chi connectivity index (χ0v) is 5.86. The Balaban J connectivity index is 3.70. The van der Waals surface area contributed by atoms with Crippen LogP contribution in [0.4, 0.5) is 0 Å². The maximum atomic E-state index is 12.0. The van der Waals surface area contributed by atoms with Crippen LogP contribution < -0.4 is 0 Å². The molecule has 1 aliphatic carbocycles. The van der Waals surface area contributed by atoms with Gasteiger partial charge >= 0.3 is 0 Å². The van der Waals surface area contributed by atoms with Gasteiger partial charge in [0, 0.05) is 32.3 Å². The number of carbonyl (C=O) groups is 1. The van der Waals surface area contributed by atoms with Gasteiger partial charge in [-0.2, -0.15) is 0 Å². The monoisotopic (exact) mass is 150 g/mol. The molecule has 0 heterocycles. The minimum atomic E-state index is -3.33. The van der Waals surface area contributed by atoms with Crippen LogP contribution in [0.15, 0.2) is 0 Å². The van der Waals surface area contributed by atoms with Crippen molar-refractivity contribution in [1.29, 1.82) is 0 Å². The molecule has 1 amide bonds. The van der Waals surface area contributed by atoms with E-state index in [-0.39, 0.29) is 0 Å². The van der Waals surface area contributed by atoms with Gasteiger partial charge in [-0.15, -0.1) is 0 Å². The van der Waals surface area contributed by atoms with Gasteiger partial charge in [0.15, 0.2) is 0 Å². The average molecular weight is 150 g/mol. The van der Waals surface area contributed by atoms with Crippen molar-refractivity contribution in [3.8, 4) is 0 Å². The summed E-state index contributed by atoms with van der Waals surface area (Å²) in [6.45, 7) is 0. The number of amides is 1. The lowest BCUT2D eigenvalue weighted by Crippen LogP contribution is -2.27. The summed E-state index contributed by atoms with van der Waals surface area (Å²) in [4.78, 5) is 12.8. The van der Waals surface area contributed by atoms with Gasteiger partial charge in [-0.1, -0.05) is 12.7 Å². The Labute approximate surface area is 74.9 Å². The molecule has 1 rings (SSSR count). The maximum Gasteiger partial charge on any atom is 0.225 e. The average Bonchev–Trinajstić information content (AvgIpc) is 2.28. The van der Waals surface area contributed by atoms with Crippen molar-refractivity contribution < 1.29 is 17.1 Å². The molecule has 58 valence electrons. The molecule has 1 fully saturated rings. The van der Waals surface area contributed by atoms with Crippen LogP contribution in [0.3, 0.4) is 0 Å². The highest BCUT2D eigenvalue weighted by atomic mass is 16.2. The van der Waals surface area contributed by atoms with E-state index in [4.69, 9.17) is 12.3 Å². The van der Waals surface area contributed by atoms with Crippen LogP contribution in [-0.2, 0) is 4.79 Å². The van der Waals surface area contributed by atoms with Crippen LogP contribution in [0.1, 0.15) is 37.8 Å². The molecule has 1 saturated carbocycles. The lowest BCUT2D eigenvalue weighted by atomic mass is 10.1. The Kier molecular flexibility index (Phi) is 0.605. The van der Waals surface area contributed by atoms with Gasteiger partial charge in [0.05, 0.1) is 0 Å². The fraction of sp³-hybridized carbons (Fsp3) is 0.875. The van der Waals surface area contributed by atoms with Gasteiger partial charge in [0.2, 0.25) is 5.91 Å². The van der Waals surface area contributed by atoms with E-state index in [1.54, 1.807) is 0 Å². The summed E-state index contributed by atoms with van der Waals surface area (Å²) in [5.74, 6) is -4.52. The highest BCUT2D eigenvalue weighted by molar-refractivity contribution is 5.78. The number of hydrogen-bond donors (Lipinski definition) is 0. The predicted octanol–water partition coefficient (Wildman–Crippen LogP) is 1.26. The summed E-state index contributed by atoms with van der Waals surface area (Å²) in [7, 11) is 2.35. The van der Waals surface area contributed by atoms with Crippen molar-refractivity contribution in [2.24, 2.45) is 5.89 Å².